The van der Waals surface area contributed by atoms with Crippen molar-refractivity contribution in [3.05, 3.63) is 40.5 Å². The van der Waals surface area contributed by atoms with Crippen molar-refractivity contribution >= 4 is 5.57 Å². The van der Waals surface area contributed by atoms with E-state index in [4.69, 9.17) is 5.73 Å². The summed E-state index contributed by atoms with van der Waals surface area (Å²) in [5.74, 6) is 0. The summed E-state index contributed by atoms with van der Waals surface area (Å²) in [6, 6.07) is 4.87. The van der Waals surface area contributed by atoms with Gasteiger partial charge in [-0.3, -0.25) is 0 Å². The van der Waals surface area contributed by atoms with Gasteiger partial charge in [0.05, 0.1) is 0 Å². The maximum absolute atomic E-state index is 6.10. The summed E-state index contributed by atoms with van der Waals surface area (Å²) in [4.78, 5) is 0. The van der Waals surface area contributed by atoms with Crippen LogP contribution in [0, 0.1) is 20.8 Å². The van der Waals surface area contributed by atoms with Crippen LogP contribution in [-0.2, 0) is 0 Å². The number of benzene rings is 1. The third kappa shape index (κ3) is 2.78. The molecule has 0 spiro atoms. The minimum atomic E-state index is 0.244. The average molecular weight is 229 g/mol. The van der Waals surface area contributed by atoms with Gasteiger partial charge in [0.15, 0.2) is 0 Å². The van der Waals surface area contributed by atoms with E-state index in [-0.39, 0.29) is 6.04 Å². The predicted molar refractivity (Wildman–Crippen MR) is 75.1 cm³/mol. The van der Waals surface area contributed by atoms with Gasteiger partial charge in [0.1, 0.15) is 0 Å². The normalized spacial score (nSPS) is 20.9. The van der Waals surface area contributed by atoms with Gasteiger partial charge in [-0.15, -0.1) is 0 Å². The molecule has 2 N–H and O–H groups in total. The van der Waals surface area contributed by atoms with Crippen molar-refractivity contribution in [1.82, 2.24) is 0 Å². The monoisotopic (exact) mass is 229 g/mol. The molecule has 1 heteroatoms. The third-order valence-electron chi connectivity index (χ3n) is 3.84. The van der Waals surface area contributed by atoms with E-state index in [2.05, 4.69) is 39.0 Å². The fourth-order valence-electron chi connectivity index (χ4n) is 2.65. The van der Waals surface area contributed by atoms with Crippen LogP contribution in [0.15, 0.2) is 18.2 Å². The molecule has 1 aromatic carbocycles. The van der Waals surface area contributed by atoms with Crippen LogP contribution in [-0.4, -0.2) is 6.04 Å². The van der Waals surface area contributed by atoms with Crippen LogP contribution in [0.25, 0.3) is 5.57 Å². The van der Waals surface area contributed by atoms with Gasteiger partial charge in [-0.2, -0.15) is 0 Å². The molecular formula is C16H23N. The molecule has 0 radical (unpaired) electrons. The summed E-state index contributed by atoms with van der Waals surface area (Å²) in [7, 11) is 0. The zero-order valence-corrected chi connectivity index (χ0v) is 11.2. The van der Waals surface area contributed by atoms with Crippen LogP contribution in [0.5, 0.6) is 0 Å². The van der Waals surface area contributed by atoms with Gasteiger partial charge < -0.3 is 5.73 Å². The highest BCUT2D eigenvalue weighted by atomic mass is 14.6. The van der Waals surface area contributed by atoms with Gasteiger partial charge in [-0.25, -0.2) is 0 Å². The van der Waals surface area contributed by atoms with Crippen molar-refractivity contribution in [1.29, 1.82) is 0 Å². The number of aryl methyl sites for hydroxylation is 3. The van der Waals surface area contributed by atoms with Crippen molar-refractivity contribution in [3.8, 4) is 0 Å². The molecule has 92 valence electrons. The lowest BCUT2D eigenvalue weighted by Crippen LogP contribution is -2.15. The van der Waals surface area contributed by atoms with E-state index in [1.807, 2.05) is 0 Å². The highest BCUT2D eigenvalue weighted by Crippen LogP contribution is 2.29. The van der Waals surface area contributed by atoms with Crippen molar-refractivity contribution in [2.75, 3.05) is 0 Å². The maximum atomic E-state index is 6.10. The zero-order chi connectivity index (χ0) is 12.4. The summed E-state index contributed by atoms with van der Waals surface area (Å²) in [5, 5.41) is 0. The Balaban J connectivity index is 2.42. The summed E-state index contributed by atoms with van der Waals surface area (Å²) in [6.45, 7) is 6.58. The summed E-state index contributed by atoms with van der Waals surface area (Å²) in [5.41, 5.74) is 13.1. The number of hydrogen-bond acceptors (Lipinski definition) is 1. The van der Waals surface area contributed by atoms with Gasteiger partial charge in [0, 0.05) is 6.04 Å². The Morgan fingerprint density at radius 2 is 1.71 bits per heavy atom. The molecule has 1 atom stereocenters. The van der Waals surface area contributed by atoms with Crippen molar-refractivity contribution < 1.29 is 0 Å². The molecule has 0 aromatic heterocycles. The predicted octanol–water partition coefficient (Wildman–Crippen LogP) is 3.90. The summed E-state index contributed by atoms with van der Waals surface area (Å²) in [6.07, 6.45) is 7.12. The van der Waals surface area contributed by atoms with E-state index < -0.39 is 0 Å². The van der Waals surface area contributed by atoms with Crippen LogP contribution < -0.4 is 5.73 Å². The molecule has 0 fully saturated rings. The fraction of sp³-hybridized carbons (Fsp3) is 0.500. The maximum Gasteiger partial charge on any atom is 0.0229 e. The van der Waals surface area contributed by atoms with E-state index in [0.29, 0.717) is 0 Å². The Morgan fingerprint density at radius 1 is 1.00 bits per heavy atom. The number of rotatable bonds is 1. The molecule has 0 saturated heterocycles. The lowest BCUT2D eigenvalue weighted by atomic mass is 9.93. The average Bonchev–Trinajstić information content (AvgIpc) is 2.48. The minimum Gasteiger partial charge on any atom is -0.324 e. The van der Waals surface area contributed by atoms with E-state index in [1.165, 1.54) is 47.1 Å². The van der Waals surface area contributed by atoms with Crippen LogP contribution >= 0.6 is 0 Å². The number of nitrogens with two attached hydrogens (primary N) is 1. The van der Waals surface area contributed by atoms with Crippen LogP contribution in [0.4, 0.5) is 0 Å². The van der Waals surface area contributed by atoms with E-state index >= 15 is 0 Å². The highest BCUT2D eigenvalue weighted by Gasteiger charge is 2.12. The number of hydrogen-bond donors (Lipinski definition) is 1. The van der Waals surface area contributed by atoms with Gasteiger partial charge >= 0.3 is 0 Å². The smallest absolute Gasteiger partial charge is 0.0229 e. The second-order valence-corrected chi connectivity index (χ2v) is 5.35. The van der Waals surface area contributed by atoms with Crippen molar-refractivity contribution in [2.45, 2.75) is 52.5 Å². The van der Waals surface area contributed by atoms with Gasteiger partial charge in [0.2, 0.25) is 0 Å². The van der Waals surface area contributed by atoms with Gasteiger partial charge in [-0.05, 0) is 67.9 Å². The molecule has 2 rings (SSSR count). The molecule has 0 aliphatic heterocycles. The molecule has 0 bridgehead atoms. The van der Waals surface area contributed by atoms with Crippen molar-refractivity contribution in [2.24, 2.45) is 5.73 Å². The van der Waals surface area contributed by atoms with Crippen LogP contribution in [0.2, 0.25) is 0 Å². The Labute approximate surface area is 105 Å². The molecule has 0 saturated carbocycles. The molecule has 1 nitrogen and oxygen atoms in total. The summed E-state index contributed by atoms with van der Waals surface area (Å²) >= 11 is 0. The largest absolute Gasteiger partial charge is 0.324 e. The zero-order valence-electron chi connectivity index (χ0n) is 11.2. The van der Waals surface area contributed by atoms with E-state index in [9.17, 15) is 0 Å². The first-order chi connectivity index (χ1) is 8.08. The highest BCUT2D eigenvalue weighted by molar-refractivity contribution is 5.70. The minimum absolute atomic E-state index is 0.244. The molecule has 1 unspecified atom stereocenters. The Hall–Kier alpha value is -1.08. The molecule has 17 heavy (non-hydrogen) atoms. The Morgan fingerprint density at radius 3 is 2.47 bits per heavy atom. The molecule has 1 aliphatic carbocycles. The van der Waals surface area contributed by atoms with Crippen LogP contribution in [0.1, 0.15) is 47.9 Å². The van der Waals surface area contributed by atoms with E-state index in [1.54, 1.807) is 0 Å². The lowest BCUT2D eigenvalue weighted by molar-refractivity contribution is 0.658. The van der Waals surface area contributed by atoms with E-state index in [0.717, 1.165) is 6.42 Å². The first-order valence-electron chi connectivity index (χ1n) is 6.62. The third-order valence-corrected chi connectivity index (χ3v) is 3.84. The Bertz CT molecular complexity index is 443. The fourth-order valence-corrected chi connectivity index (χ4v) is 2.65. The molecular weight excluding hydrogens is 206 g/mol. The van der Waals surface area contributed by atoms with Crippen LogP contribution in [0.3, 0.4) is 0 Å². The SMILES string of the molecule is Cc1cc(C)c(C2=CC(N)CCCC2)cc1C. The standard InChI is InChI=1S/C16H23N/c1-11-8-13(3)16(9-12(11)2)14-6-4-5-7-15(17)10-14/h8-10,15H,4-7,17H2,1-3H3. The first kappa shape index (κ1) is 12.4. The second kappa shape index (κ2) is 5.05. The lowest BCUT2D eigenvalue weighted by Gasteiger charge is -2.13. The Kier molecular flexibility index (Phi) is 3.68. The quantitative estimate of drug-likeness (QED) is 0.776. The van der Waals surface area contributed by atoms with Gasteiger partial charge in [0.25, 0.3) is 0 Å². The number of allylic oxidation sites excluding steroid dienone is 1. The van der Waals surface area contributed by atoms with Crippen molar-refractivity contribution in [3.63, 3.8) is 0 Å². The molecule has 0 amide bonds. The molecule has 1 aliphatic rings. The molecule has 0 heterocycles. The topological polar surface area (TPSA) is 26.0 Å². The second-order valence-electron chi connectivity index (χ2n) is 5.35. The first-order valence-corrected chi connectivity index (χ1v) is 6.62. The summed E-state index contributed by atoms with van der Waals surface area (Å²) < 4.78 is 0. The van der Waals surface area contributed by atoms with Gasteiger partial charge in [-0.1, -0.05) is 24.6 Å². The molecule has 1 aromatic rings.